The van der Waals surface area contributed by atoms with Crippen LogP contribution in [0.2, 0.25) is 0 Å². The molecule has 2 aromatic carbocycles. The minimum absolute atomic E-state index is 0. The summed E-state index contributed by atoms with van der Waals surface area (Å²) in [4.78, 5) is 72.3. The van der Waals surface area contributed by atoms with E-state index in [1.54, 1.807) is 52.0 Å². The molecule has 0 aliphatic carbocycles. The summed E-state index contributed by atoms with van der Waals surface area (Å²) in [6.07, 6.45) is -20.7. The monoisotopic (exact) mass is 1480 g/mol. The zero-order valence-electron chi connectivity index (χ0n) is 55.0. The van der Waals surface area contributed by atoms with Crippen molar-refractivity contribution in [3.05, 3.63) is 103 Å². The molecule has 0 unspecified atom stereocenters. The number of carbonyl (C=O) groups excluding carboxylic acids is 4. The molecular formula is C62H80CuN8O30. The molecule has 1 radical (unpaired) electrons. The van der Waals surface area contributed by atoms with E-state index >= 15 is 0 Å². The maximum atomic E-state index is 12.2. The van der Waals surface area contributed by atoms with Gasteiger partial charge >= 0.3 is 23.2 Å². The van der Waals surface area contributed by atoms with Gasteiger partial charge in [-0.3, -0.25) is 19.2 Å². The molecule has 0 spiro atoms. The molecule has 4 aliphatic heterocycles. The van der Waals surface area contributed by atoms with Crippen LogP contribution in [-0.2, 0) is 96.8 Å². The van der Waals surface area contributed by atoms with Gasteiger partial charge in [0.15, 0.2) is 12.6 Å². The summed E-state index contributed by atoms with van der Waals surface area (Å²) in [5.74, 6) is 0.467. The fraction of sp³-hybridized carbons (Fsp3) is 0.581. The van der Waals surface area contributed by atoms with E-state index in [0.29, 0.717) is 34.2 Å². The van der Waals surface area contributed by atoms with Crippen LogP contribution in [0.15, 0.2) is 78.3 Å². The van der Waals surface area contributed by atoms with Crippen LogP contribution in [0.4, 0.5) is 0 Å². The van der Waals surface area contributed by atoms with E-state index in [1.807, 2.05) is 0 Å². The smallest absolute Gasteiger partial charge is 0.336 e. The molecule has 4 aliphatic rings. The van der Waals surface area contributed by atoms with Crippen LogP contribution in [0.25, 0.3) is 32.4 Å². The maximum absolute atomic E-state index is 12.2. The Hall–Kier alpha value is -7.85. The number of rotatable bonds is 25. The van der Waals surface area contributed by atoms with Gasteiger partial charge in [-0.2, -0.15) is 0 Å². The SMILES string of the molecule is C#CCOC[C@H]1O[C@@H](O[C@H]2[C@H](O)[C@@H](NC(C)=O)[C@H](Oc3ccc4c(C)cc(=O)oc4c3)O[C@@H]2CO)[C@H](O)[C@@H](O)[C@H]1O.CCOC(=O)CN=[N+]=[N-].CCOC(=O)Cn1cc(COC[C@H]2O[C@@H](O[C@H]3[C@H](O)[C@@H](NC(C)=O)[C@H](Oc4ccc5c(C)cc(=O)oc5c4)O[C@@H]3CO)[C@H](O)[C@@H](O)[C@H]2O)nn1.[Cu]. The molecule has 101 heavy (non-hydrogen) atoms. The summed E-state index contributed by atoms with van der Waals surface area (Å²) in [7, 11) is 0. The zero-order valence-corrected chi connectivity index (χ0v) is 56.0. The summed E-state index contributed by atoms with van der Waals surface area (Å²) in [5.41, 5.74) is 8.79. The van der Waals surface area contributed by atoms with Gasteiger partial charge in [0.1, 0.15) is 146 Å². The Balaban J connectivity index is 0.000000285. The second-order valence-electron chi connectivity index (χ2n) is 22.8. The summed E-state index contributed by atoms with van der Waals surface area (Å²) in [6.45, 7) is 7.23. The van der Waals surface area contributed by atoms with Gasteiger partial charge in [-0.05, 0) is 68.6 Å². The number of benzene rings is 2. The Morgan fingerprint density at radius 2 is 1.08 bits per heavy atom. The quantitative estimate of drug-likeness (QED) is 0.00392. The standard InChI is InChI=1S/C31H40N4O15.C27H33NO13.C4H7N3O2.Cu/c1-4-45-23(39)10-35-9-16(33-34-35)12-44-13-21-25(40)27(42)28(43)31(49-21)50-29-20(11-36)48-30(24(26(29)41)32-15(3)37)46-17-5-6-18-14(2)7-22(38)47-19(18)8-17;1-4-7-36-11-18-21(32)23(34)24(35)27(40-18)41-25-17(10-29)39-26(20(22(25)33)28-13(3)30)37-14-5-6-15-12(2)8-19(31)38-16(15)9-14;1-2-9-4(8)3-6-7-5;/h5-9,20-21,24-31,36,40-43H,4,10-13H2,1-3H3,(H,32,37);1,5-6,8-9,17-18,20-27,29,32-35H,7,10-11H2,2-3H3,(H,28,30);2-3H2,1H3;/t20-,21-,24-,25+,26-,27+,28-,29-,30-,31+;17-,18-,20-,21+,22-,23+,24-,25-,26-,27+;;/m11../s1. The Bertz CT molecular complexity index is 3760. The average molecular weight is 1480 g/mol. The molecule has 0 saturated carbocycles. The third kappa shape index (κ3) is 22.1. The van der Waals surface area contributed by atoms with E-state index in [9.17, 15) is 79.8 Å². The number of aliphatic hydroxyl groups excluding tert-OH is 10. The number of hydrogen-bond acceptors (Lipinski definition) is 33. The number of azide groups is 1. The number of aromatic nitrogens is 3. The molecule has 38 nitrogen and oxygen atoms in total. The van der Waals surface area contributed by atoms with Crippen LogP contribution in [0, 0.1) is 26.2 Å². The van der Waals surface area contributed by atoms with Crippen molar-refractivity contribution in [2.75, 3.05) is 52.8 Å². The molecule has 7 heterocycles. The molecule has 559 valence electrons. The molecule has 2 amide bonds. The largest absolute Gasteiger partial charge is 0.466 e. The number of hydrogen-bond donors (Lipinski definition) is 12. The first kappa shape index (κ1) is 82.1. The van der Waals surface area contributed by atoms with Crippen molar-refractivity contribution < 1.29 is 153 Å². The number of esters is 2. The molecule has 20 atom stereocenters. The van der Waals surface area contributed by atoms with Crippen LogP contribution < -0.4 is 31.4 Å². The van der Waals surface area contributed by atoms with Crippen LogP contribution in [0.5, 0.6) is 11.5 Å². The summed E-state index contributed by atoms with van der Waals surface area (Å²) in [5, 5.41) is 123. The normalized spacial score (nSPS) is 29.1. The fourth-order valence-electron chi connectivity index (χ4n) is 10.7. The number of amides is 2. The van der Waals surface area contributed by atoms with Crippen LogP contribution >= 0.6 is 0 Å². The summed E-state index contributed by atoms with van der Waals surface area (Å²) >= 11 is 0. The molecule has 4 saturated heterocycles. The van der Waals surface area contributed by atoms with E-state index < -0.39 is 171 Å². The van der Waals surface area contributed by atoms with E-state index in [2.05, 4.69) is 41.6 Å². The number of nitrogens with zero attached hydrogens (tertiary/aromatic N) is 6. The van der Waals surface area contributed by atoms with Crippen LogP contribution in [0.3, 0.4) is 0 Å². The topological polar surface area (TPSA) is 545 Å². The van der Waals surface area contributed by atoms with Crippen molar-refractivity contribution in [3.63, 3.8) is 0 Å². The molecule has 5 aromatic rings. The number of nitrogens with one attached hydrogen (secondary N) is 2. The predicted octanol–water partition coefficient (Wildman–Crippen LogP) is -3.61. The average Bonchev–Trinajstić information content (AvgIpc) is 0.862. The van der Waals surface area contributed by atoms with Crippen LogP contribution in [-0.4, -0.2) is 265 Å². The Morgan fingerprint density at radius 3 is 1.50 bits per heavy atom. The Labute approximate surface area is 584 Å². The first-order valence-corrected chi connectivity index (χ1v) is 31.1. The van der Waals surface area contributed by atoms with Crippen molar-refractivity contribution in [2.45, 2.75) is 177 Å². The third-order valence-electron chi connectivity index (χ3n) is 15.5. The molecule has 12 N–H and O–H groups in total. The summed E-state index contributed by atoms with van der Waals surface area (Å²) in [6, 6.07) is 9.48. The second kappa shape index (κ2) is 39.0. The molecule has 3 aromatic heterocycles. The number of terminal acetylenes is 1. The van der Waals surface area contributed by atoms with Crippen molar-refractivity contribution in [1.82, 2.24) is 25.6 Å². The zero-order chi connectivity index (χ0) is 73.1. The predicted molar refractivity (Wildman–Crippen MR) is 334 cm³/mol. The number of carbonyl (C=O) groups is 4. The van der Waals surface area contributed by atoms with Crippen molar-refractivity contribution in [1.29, 1.82) is 0 Å². The van der Waals surface area contributed by atoms with Crippen LogP contribution in [0.1, 0.15) is 44.5 Å². The first-order valence-electron chi connectivity index (χ1n) is 31.1. The molecule has 9 rings (SSSR count). The fourth-order valence-corrected chi connectivity index (χ4v) is 10.7. The number of ether oxygens (including phenoxy) is 12. The molecule has 39 heteroatoms. The van der Waals surface area contributed by atoms with Gasteiger partial charge in [-0.25, -0.2) is 14.3 Å². The first-order chi connectivity index (χ1) is 47.7. The second-order valence-corrected chi connectivity index (χ2v) is 22.8. The van der Waals surface area contributed by atoms with Crippen molar-refractivity contribution in [2.24, 2.45) is 5.11 Å². The number of fused-ring (bicyclic) bond motifs is 2. The Morgan fingerprint density at radius 1 is 0.634 bits per heavy atom. The van der Waals surface area contributed by atoms with E-state index in [0.717, 1.165) is 0 Å². The van der Waals surface area contributed by atoms with E-state index in [-0.39, 0.29) is 85.9 Å². The van der Waals surface area contributed by atoms with Gasteiger partial charge in [0.2, 0.25) is 24.4 Å². The number of aliphatic hydroxyl groups is 10. The molecule has 4 fully saturated rings. The van der Waals surface area contributed by atoms with E-state index in [1.165, 1.54) is 49.0 Å². The van der Waals surface area contributed by atoms with Crippen molar-refractivity contribution in [3.8, 4) is 23.8 Å². The van der Waals surface area contributed by atoms with Gasteiger partial charge in [-0.15, -0.1) is 11.5 Å². The van der Waals surface area contributed by atoms with Gasteiger partial charge in [-0.1, -0.05) is 16.2 Å². The minimum atomic E-state index is -1.82. The van der Waals surface area contributed by atoms with Gasteiger partial charge in [0.25, 0.3) is 0 Å². The minimum Gasteiger partial charge on any atom is -0.466 e. The molecule has 0 bridgehead atoms. The Kier molecular flexibility index (Phi) is 31.7. The van der Waals surface area contributed by atoms with Gasteiger partial charge in [0, 0.05) is 70.9 Å². The number of aryl methyl sites for hydroxylation is 2. The third-order valence-corrected chi connectivity index (χ3v) is 15.5. The molecular weight excluding hydrogens is 1400 g/mol. The van der Waals surface area contributed by atoms with Crippen molar-refractivity contribution >= 4 is 45.7 Å². The van der Waals surface area contributed by atoms with E-state index in [4.69, 9.17) is 72.9 Å². The maximum Gasteiger partial charge on any atom is 0.336 e. The van der Waals surface area contributed by atoms with Gasteiger partial charge < -0.3 is 127 Å². The van der Waals surface area contributed by atoms with Gasteiger partial charge in [0.05, 0.1) is 52.4 Å². The summed E-state index contributed by atoms with van der Waals surface area (Å²) < 4.78 is 78.5.